The summed E-state index contributed by atoms with van der Waals surface area (Å²) in [6.07, 6.45) is -4.45. The summed E-state index contributed by atoms with van der Waals surface area (Å²) in [7, 11) is 0. The second kappa shape index (κ2) is 6.56. The van der Waals surface area contributed by atoms with Gasteiger partial charge in [-0.15, -0.1) is 11.3 Å². The summed E-state index contributed by atoms with van der Waals surface area (Å²) in [6, 6.07) is 11.0. The quantitative estimate of drug-likeness (QED) is 0.657. The summed E-state index contributed by atoms with van der Waals surface area (Å²) in [4.78, 5) is 16.3. The zero-order valence-corrected chi connectivity index (χ0v) is 13.4. The Morgan fingerprint density at radius 1 is 1.12 bits per heavy atom. The third-order valence-corrected chi connectivity index (χ3v) is 4.22. The van der Waals surface area contributed by atoms with Crippen molar-refractivity contribution in [2.24, 2.45) is 0 Å². The summed E-state index contributed by atoms with van der Waals surface area (Å²) in [5.74, 6) is -0.653. The third kappa shape index (κ3) is 3.80. The minimum absolute atomic E-state index is 0.0562. The number of amides is 1. The van der Waals surface area contributed by atoms with Gasteiger partial charge in [0.2, 0.25) is 0 Å². The minimum atomic E-state index is -4.45. The van der Waals surface area contributed by atoms with Crippen LogP contribution in [-0.4, -0.2) is 16.0 Å². The van der Waals surface area contributed by atoms with Crippen molar-refractivity contribution < 1.29 is 23.1 Å². The van der Waals surface area contributed by atoms with Crippen LogP contribution in [-0.2, 0) is 6.18 Å². The van der Waals surface area contributed by atoms with Crippen molar-refractivity contribution in [3.05, 3.63) is 65.2 Å². The Morgan fingerprint density at radius 3 is 2.60 bits per heavy atom. The number of para-hydroxylation sites is 2. The van der Waals surface area contributed by atoms with Gasteiger partial charge in [-0.25, -0.2) is 4.98 Å². The molecule has 0 saturated carbocycles. The maximum Gasteiger partial charge on any atom is 0.416 e. The first-order valence-corrected chi connectivity index (χ1v) is 7.95. The fourth-order valence-corrected chi connectivity index (χ4v) is 2.90. The second-order valence-corrected chi connectivity index (χ2v) is 5.95. The molecule has 0 radical (unpaired) electrons. The van der Waals surface area contributed by atoms with Crippen LogP contribution in [0, 0.1) is 0 Å². The lowest BCUT2D eigenvalue weighted by Crippen LogP contribution is -2.12. The molecule has 1 amide bonds. The van der Waals surface area contributed by atoms with Crippen LogP contribution in [0.5, 0.6) is 5.75 Å². The van der Waals surface area contributed by atoms with Crippen LogP contribution in [0.25, 0.3) is 10.6 Å². The summed E-state index contributed by atoms with van der Waals surface area (Å²) < 4.78 is 38.4. The first-order valence-electron chi connectivity index (χ1n) is 7.07. The molecule has 1 heterocycles. The van der Waals surface area contributed by atoms with Gasteiger partial charge in [0, 0.05) is 10.9 Å². The maximum absolute atomic E-state index is 12.8. The number of nitrogens with zero attached hydrogens (tertiary/aromatic N) is 1. The lowest BCUT2D eigenvalue weighted by atomic mass is 10.1. The smallest absolute Gasteiger partial charge is 0.416 e. The Balaban J connectivity index is 1.83. The van der Waals surface area contributed by atoms with E-state index in [0.29, 0.717) is 5.01 Å². The van der Waals surface area contributed by atoms with Crippen LogP contribution < -0.4 is 5.32 Å². The van der Waals surface area contributed by atoms with E-state index >= 15 is 0 Å². The van der Waals surface area contributed by atoms with Crippen LogP contribution in [0.3, 0.4) is 0 Å². The first kappa shape index (κ1) is 17.0. The van der Waals surface area contributed by atoms with Crippen molar-refractivity contribution in [2.45, 2.75) is 6.18 Å². The molecule has 0 aliphatic carbocycles. The highest BCUT2D eigenvalue weighted by atomic mass is 32.1. The molecule has 3 aromatic rings. The number of carbonyl (C=O) groups is 1. The number of aromatic hydroxyl groups is 1. The van der Waals surface area contributed by atoms with Gasteiger partial charge in [-0.2, -0.15) is 13.2 Å². The molecular formula is C17H11F3N2O2S. The highest BCUT2D eigenvalue weighted by molar-refractivity contribution is 7.13. The van der Waals surface area contributed by atoms with Crippen LogP contribution in [0.2, 0.25) is 0 Å². The predicted molar refractivity (Wildman–Crippen MR) is 88.6 cm³/mol. The number of hydrogen-bond acceptors (Lipinski definition) is 4. The molecule has 2 aromatic carbocycles. The Kier molecular flexibility index (Phi) is 4.45. The van der Waals surface area contributed by atoms with E-state index in [1.54, 1.807) is 12.1 Å². The molecule has 0 unspecified atom stereocenters. The number of alkyl halides is 3. The van der Waals surface area contributed by atoms with Gasteiger partial charge in [-0.3, -0.25) is 4.79 Å². The molecule has 0 aliphatic rings. The average Bonchev–Trinajstić information content (AvgIpc) is 3.06. The molecule has 25 heavy (non-hydrogen) atoms. The van der Waals surface area contributed by atoms with Gasteiger partial charge >= 0.3 is 6.18 Å². The molecule has 0 atom stereocenters. The number of carbonyl (C=O) groups excluding carboxylic acids is 1. The van der Waals surface area contributed by atoms with Gasteiger partial charge in [0.1, 0.15) is 16.5 Å². The summed E-state index contributed by atoms with van der Waals surface area (Å²) >= 11 is 1.06. The van der Waals surface area contributed by atoms with E-state index in [4.69, 9.17) is 0 Å². The zero-order chi connectivity index (χ0) is 18.0. The van der Waals surface area contributed by atoms with Gasteiger partial charge in [-0.05, 0) is 24.3 Å². The molecule has 128 valence electrons. The van der Waals surface area contributed by atoms with E-state index in [2.05, 4.69) is 10.3 Å². The van der Waals surface area contributed by atoms with Gasteiger partial charge in [-0.1, -0.05) is 24.3 Å². The molecule has 8 heteroatoms. The van der Waals surface area contributed by atoms with E-state index in [-0.39, 0.29) is 22.7 Å². The van der Waals surface area contributed by atoms with Gasteiger partial charge < -0.3 is 10.4 Å². The fraction of sp³-hybridized carbons (Fsp3) is 0.0588. The van der Waals surface area contributed by atoms with Gasteiger partial charge in [0.05, 0.1) is 11.3 Å². The van der Waals surface area contributed by atoms with E-state index in [1.165, 1.54) is 29.6 Å². The molecule has 0 bridgehead atoms. The lowest BCUT2D eigenvalue weighted by Gasteiger charge is -2.07. The van der Waals surface area contributed by atoms with E-state index in [0.717, 1.165) is 23.5 Å². The van der Waals surface area contributed by atoms with Gasteiger partial charge in [0.25, 0.3) is 5.91 Å². The van der Waals surface area contributed by atoms with Crippen molar-refractivity contribution in [3.63, 3.8) is 0 Å². The molecule has 0 spiro atoms. The van der Waals surface area contributed by atoms with Crippen molar-refractivity contribution in [3.8, 4) is 16.3 Å². The van der Waals surface area contributed by atoms with E-state index < -0.39 is 17.6 Å². The van der Waals surface area contributed by atoms with Crippen LogP contribution in [0.4, 0.5) is 18.9 Å². The highest BCUT2D eigenvalue weighted by Gasteiger charge is 2.30. The maximum atomic E-state index is 12.8. The molecule has 0 saturated heterocycles. The number of halogens is 3. The largest absolute Gasteiger partial charge is 0.506 e. The predicted octanol–water partition coefficient (Wildman–Crippen LogP) is 4.79. The van der Waals surface area contributed by atoms with Crippen LogP contribution >= 0.6 is 11.3 Å². The number of aromatic nitrogens is 1. The SMILES string of the molecule is O=C(Nc1ccccc1O)c1csc(-c2cccc(C(F)(F)F)c2)n1. The monoisotopic (exact) mass is 364 g/mol. The van der Waals surface area contributed by atoms with Crippen molar-refractivity contribution >= 4 is 22.9 Å². The Bertz CT molecular complexity index is 922. The summed E-state index contributed by atoms with van der Waals surface area (Å²) in [5.41, 5.74) is -0.219. The molecule has 0 aliphatic heterocycles. The minimum Gasteiger partial charge on any atom is -0.506 e. The van der Waals surface area contributed by atoms with Crippen LogP contribution in [0.1, 0.15) is 16.1 Å². The number of nitrogens with one attached hydrogen (secondary N) is 1. The topological polar surface area (TPSA) is 62.2 Å². The second-order valence-electron chi connectivity index (χ2n) is 5.09. The third-order valence-electron chi connectivity index (χ3n) is 3.33. The molecule has 2 N–H and O–H groups in total. The summed E-state index contributed by atoms with van der Waals surface area (Å²) in [5, 5.41) is 13.9. The number of anilines is 1. The number of rotatable bonds is 3. The standard InChI is InChI=1S/C17H11F3N2O2S/c18-17(19,20)11-5-3-4-10(8-11)16-22-13(9-25-16)15(24)21-12-6-1-2-7-14(12)23/h1-9,23H,(H,21,24). The molecule has 0 fully saturated rings. The first-order chi connectivity index (χ1) is 11.8. The lowest BCUT2D eigenvalue weighted by molar-refractivity contribution is -0.137. The number of benzene rings is 2. The van der Waals surface area contributed by atoms with Gasteiger partial charge in [0.15, 0.2) is 0 Å². The summed E-state index contributed by atoms with van der Waals surface area (Å²) in [6.45, 7) is 0. The molecule has 4 nitrogen and oxygen atoms in total. The van der Waals surface area contributed by atoms with Crippen molar-refractivity contribution in [1.82, 2.24) is 4.98 Å². The fourth-order valence-electron chi connectivity index (χ4n) is 2.10. The van der Waals surface area contributed by atoms with Crippen LogP contribution in [0.15, 0.2) is 53.9 Å². The van der Waals surface area contributed by atoms with E-state index in [1.807, 2.05) is 0 Å². The Labute approximate surface area is 144 Å². The zero-order valence-electron chi connectivity index (χ0n) is 12.5. The Hall–Kier alpha value is -2.87. The highest BCUT2D eigenvalue weighted by Crippen LogP contribution is 2.33. The van der Waals surface area contributed by atoms with Crippen molar-refractivity contribution in [2.75, 3.05) is 5.32 Å². The number of hydrogen-bond donors (Lipinski definition) is 2. The average molecular weight is 364 g/mol. The Morgan fingerprint density at radius 2 is 1.88 bits per heavy atom. The molecule has 3 rings (SSSR count). The normalized spacial score (nSPS) is 11.3. The number of phenols is 1. The number of thiazole rings is 1. The van der Waals surface area contributed by atoms with E-state index in [9.17, 15) is 23.1 Å². The molecule has 1 aromatic heterocycles. The van der Waals surface area contributed by atoms with Crippen molar-refractivity contribution in [1.29, 1.82) is 0 Å². The molecular weight excluding hydrogens is 353 g/mol. The number of phenolic OH excluding ortho intramolecular Hbond substituents is 1.